The number of nitrogens with zero attached hydrogens (tertiary/aromatic N) is 1. The number of hydrogen-bond donors (Lipinski definition) is 0. The van der Waals surface area contributed by atoms with E-state index in [1.54, 1.807) is 6.92 Å². The summed E-state index contributed by atoms with van der Waals surface area (Å²) >= 11 is 0. The monoisotopic (exact) mass is 189 g/mol. The maximum Gasteiger partial charge on any atom is 0.184 e. The minimum atomic E-state index is -1.14. The Bertz CT molecular complexity index is 288. The molecule has 1 aromatic rings. The van der Waals surface area contributed by atoms with Gasteiger partial charge < -0.3 is 0 Å². The average molecular weight is 189 g/mol. The summed E-state index contributed by atoms with van der Waals surface area (Å²) in [5.41, 5.74) is -0.346. The Kier molecular flexibility index (Phi) is 3.17. The van der Waals surface area contributed by atoms with Crippen molar-refractivity contribution in [3.63, 3.8) is 0 Å². The maximum absolute atomic E-state index is 13.0. The van der Waals surface area contributed by atoms with Crippen LogP contribution in [0.2, 0.25) is 0 Å². The Labute approximate surface area is 74.7 Å². The van der Waals surface area contributed by atoms with Crippen LogP contribution in [0.3, 0.4) is 0 Å². The second kappa shape index (κ2) is 4.16. The van der Waals surface area contributed by atoms with Crippen molar-refractivity contribution in [3.05, 3.63) is 29.8 Å². The molecule has 0 spiro atoms. The average Bonchev–Trinajstić information content (AvgIpc) is 2.10. The molecule has 0 heterocycles. The summed E-state index contributed by atoms with van der Waals surface area (Å²) in [6.07, 6.45) is 0.534. The van der Waals surface area contributed by atoms with E-state index in [0.717, 1.165) is 6.07 Å². The van der Waals surface area contributed by atoms with Crippen LogP contribution in [0.5, 0.6) is 0 Å². The van der Waals surface area contributed by atoms with Crippen molar-refractivity contribution >= 4 is 5.69 Å². The molecule has 0 radical (unpaired) electrons. The van der Waals surface area contributed by atoms with Crippen molar-refractivity contribution in [2.45, 2.75) is 13.3 Å². The van der Waals surface area contributed by atoms with E-state index in [1.807, 2.05) is 0 Å². The third-order valence-corrected chi connectivity index (χ3v) is 1.61. The van der Waals surface area contributed by atoms with Gasteiger partial charge in [-0.3, -0.25) is 0 Å². The van der Waals surface area contributed by atoms with E-state index in [1.165, 1.54) is 12.1 Å². The SMILES string of the molecule is CCCN(F)c1cccc(F)c1F. The zero-order chi connectivity index (χ0) is 9.84. The van der Waals surface area contributed by atoms with Crippen molar-refractivity contribution in [2.75, 3.05) is 11.7 Å². The van der Waals surface area contributed by atoms with E-state index in [-0.39, 0.29) is 17.4 Å². The second-order valence-electron chi connectivity index (χ2n) is 2.66. The molecule has 0 aliphatic rings. The van der Waals surface area contributed by atoms with Crippen molar-refractivity contribution in [2.24, 2.45) is 0 Å². The van der Waals surface area contributed by atoms with Crippen LogP contribution in [0.25, 0.3) is 0 Å². The Balaban J connectivity index is 2.93. The summed E-state index contributed by atoms with van der Waals surface area (Å²) in [6.45, 7) is 1.81. The Morgan fingerprint density at radius 1 is 1.31 bits per heavy atom. The molecule has 0 unspecified atom stereocenters. The molecule has 1 nitrogen and oxygen atoms in total. The van der Waals surface area contributed by atoms with Gasteiger partial charge in [-0.1, -0.05) is 17.5 Å². The van der Waals surface area contributed by atoms with Gasteiger partial charge in [0, 0.05) is 0 Å². The highest BCUT2D eigenvalue weighted by Gasteiger charge is 2.13. The third-order valence-electron chi connectivity index (χ3n) is 1.61. The van der Waals surface area contributed by atoms with Crippen molar-refractivity contribution < 1.29 is 13.3 Å². The van der Waals surface area contributed by atoms with Crippen molar-refractivity contribution in [1.29, 1.82) is 0 Å². The molecule has 0 bridgehead atoms. The first-order valence-corrected chi connectivity index (χ1v) is 4.04. The summed E-state index contributed by atoms with van der Waals surface area (Å²) in [5.74, 6) is -2.17. The molecular weight excluding hydrogens is 179 g/mol. The van der Waals surface area contributed by atoms with E-state index in [0.29, 0.717) is 6.42 Å². The predicted molar refractivity (Wildman–Crippen MR) is 45.1 cm³/mol. The van der Waals surface area contributed by atoms with Crippen LogP contribution in [0.1, 0.15) is 13.3 Å². The van der Waals surface area contributed by atoms with E-state index >= 15 is 0 Å². The number of halogens is 3. The quantitative estimate of drug-likeness (QED) is 0.660. The first-order chi connectivity index (χ1) is 6.16. The normalized spacial score (nSPS) is 10.2. The molecule has 72 valence electrons. The van der Waals surface area contributed by atoms with E-state index in [2.05, 4.69) is 0 Å². The highest BCUT2D eigenvalue weighted by Crippen LogP contribution is 2.21. The lowest BCUT2D eigenvalue weighted by atomic mass is 10.3. The Morgan fingerprint density at radius 3 is 2.62 bits per heavy atom. The van der Waals surface area contributed by atoms with Crippen LogP contribution in [0, 0.1) is 11.6 Å². The van der Waals surface area contributed by atoms with Crippen LogP contribution in [-0.2, 0) is 0 Å². The molecule has 0 saturated carbocycles. The van der Waals surface area contributed by atoms with Gasteiger partial charge in [-0.2, -0.15) is 0 Å². The Hall–Kier alpha value is -1.19. The van der Waals surface area contributed by atoms with Crippen molar-refractivity contribution in [1.82, 2.24) is 0 Å². The largest absolute Gasteiger partial charge is 0.209 e. The van der Waals surface area contributed by atoms with Gasteiger partial charge >= 0.3 is 0 Å². The van der Waals surface area contributed by atoms with Gasteiger partial charge in [0.15, 0.2) is 11.6 Å². The standard InChI is InChI=1S/C9H10F3N/c1-2-6-13(12)8-5-3-4-7(10)9(8)11/h3-5H,2,6H2,1H3. The minimum absolute atomic E-state index is 0.0559. The maximum atomic E-state index is 13.0. The van der Waals surface area contributed by atoms with Gasteiger partial charge in [-0.25, -0.2) is 13.9 Å². The number of benzene rings is 1. The van der Waals surface area contributed by atoms with E-state index in [4.69, 9.17) is 0 Å². The Morgan fingerprint density at radius 2 is 2.00 bits per heavy atom. The highest BCUT2D eigenvalue weighted by molar-refractivity contribution is 5.45. The molecule has 13 heavy (non-hydrogen) atoms. The molecule has 0 saturated heterocycles. The van der Waals surface area contributed by atoms with Gasteiger partial charge in [-0.05, 0) is 18.6 Å². The molecule has 1 rings (SSSR count). The number of hydrogen-bond acceptors (Lipinski definition) is 1. The molecule has 0 fully saturated rings. The molecule has 0 aromatic heterocycles. The molecule has 1 aromatic carbocycles. The van der Waals surface area contributed by atoms with Gasteiger partial charge in [0.05, 0.1) is 6.54 Å². The zero-order valence-corrected chi connectivity index (χ0v) is 7.23. The van der Waals surface area contributed by atoms with Crippen LogP contribution in [0.15, 0.2) is 18.2 Å². The summed E-state index contributed by atoms with van der Waals surface area (Å²) in [4.78, 5) is 0. The van der Waals surface area contributed by atoms with Crippen LogP contribution in [0.4, 0.5) is 18.9 Å². The second-order valence-corrected chi connectivity index (χ2v) is 2.66. The smallest absolute Gasteiger partial charge is 0.184 e. The van der Waals surface area contributed by atoms with Gasteiger partial charge in [0.1, 0.15) is 5.69 Å². The number of anilines is 1. The van der Waals surface area contributed by atoms with Gasteiger partial charge in [-0.15, -0.1) is 0 Å². The summed E-state index contributed by atoms with van der Waals surface area (Å²) in [7, 11) is 0. The molecule has 0 N–H and O–H groups in total. The van der Waals surface area contributed by atoms with Gasteiger partial charge in [0.2, 0.25) is 0 Å². The molecular formula is C9H10F3N. The third kappa shape index (κ3) is 2.14. The fraction of sp³-hybridized carbons (Fsp3) is 0.333. The summed E-state index contributed by atoms with van der Waals surface area (Å²) < 4.78 is 38.5. The highest BCUT2D eigenvalue weighted by atomic mass is 19.2. The lowest BCUT2D eigenvalue weighted by Crippen LogP contribution is -2.14. The minimum Gasteiger partial charge on any atom is -0.209 e. The van der Waals surface area contributed by atoms with E-state index in [9.17, 15) is 13.3 Å². The van der Waals surface area contributed by atoms with Crippen molar-refractivity contribution in [3.8, 4) is 0 Å². The molecule has 0 amide bonds. The predicted octanol–water partition coefficient (Wildman–Crippen LogP) is 3.07. The summed E-state index contributed by atoms with van der Waals surface area (Å²) in [6, 6.07) is 3.43. The fourth-order valence-electron chi connectivity index (χ4n) is 0.997. The fourth-order valence-corrected chi connectivity index (χ4v) is 0.997. The zero-order valence-electron chi connectivity index (χ0n) is 7.23. The summed E-state index contributed by atoms with van der Waals surface area (Å²) in [5, 5.41) is 0.207. The molecule has 0 aliphatic heterocycles. The number of rotatable bonds is 3. The van der Waals surface area contributed by atoms with Crippen LogP contribution in [-0.4, -0.2) is 6.54 Å². The van der Waals surface area contributed by atoms with Gasteiger partial charge in [0.25, 0.3) is 0 Å². The van der Waals surface area contributed by atoms with E-state index < -0.39 is 11.6 Å². The van der Waals surface area contributed by atoms with Crippen LogP contribution >= 0.6 is 0 Å². The lowest BCUT2D eigenvalue weighted by molar-refractivity contribution is 0.413. The molecule has 0 aliphatic carbocycles. The first-order valence-electron chi connectivity index (χ1n) is 4.04. The molecule has 0 atom stereocenters. The van der Waals surface area contributed by atoms with Crippen LogP contribution < -0.4 is 5.12 Å². The molecule has 4 heteroatoms. The topological polar surface area (TPSA) is 3.24 Å². The first kappa shape index (κ1) is 9.89. The lowest BCUT2D eigenvalue weighted by Gasteiger charge is -2.13.